The second-order valence-corrected chi connectivity index (χ2v) is 3.53. The maximum absolute atomic E-state index is 8.10. The van der Waals surface area contributed by atoms with Gasteiger partial charge in [0.05, 0.1) is 0 Å². The Morgan fingerprint density at radius 3 is 2.40 bits per heavy atom. The Kier molecular flexibility index (Phi) is 5.46. The third kappa shape index (κ3) is 4.75. The van der Waals surface area contributed by atoms with E-state index in [0.717, 1.165) is 4.47 Å². The summed E-state index contributed by atoms with van der Waals surface area (Å²) < 4.78 is 1.07. The Balaban J connectivity index is 2.19. The Bertz CT molecular complexity index is 14.4. The Morgan fingerprint density at radius 1 is 1.80 bits per heavy atom. The van der Waals surface area contributed by atoms with E-state index < -0.39 is 0 Å². The second kappa shape index (κ2) is 4.75. The van der Waals surface area contributed by atoms with Crippen molar-refractivity contribution in [1.29, 1.82) is 0 Å². The molecule has 0 spiro atoms. The third-order valence-electron chi connectivity index (χ3n) is 0.295. The van der Waals surface area contributed by atoms with Gasteiger partial charge in [0.15, 0.2) is 0 Å². The fourth-order valence-electron chi connectivity index (χ4n) is 0.0913. The standard InChI is InChI=1S/C3H8OTe/c1-5-3-2-4/h4H,2-3H2,1H3. The van der Waals surface area contributed by atoms with E-state index in [0.29, 0.717) is 6.61 Å². The van der Waals surface area contributed by atoms with E-state index in [9.17, 15) is 0 Å². The summed E-state index contributed by atoms with van der Waals surface area (Å²) in [6, 6.07) is 0. The third-order valence-corrected chi connectivity index (χ3v) is 1.98. The van der Waals surface area contributed by atoms with Crippen LogP contribution in [0.3, 0.4) is 0 Å². The van der Waals surface area contributed by atoms with Crippen LogP contribution in [0.4, 0.5) is 0 Å². The van der Waals surface area contributed by atoms with Crippen molar-refractivity contribution in [3.8, 4) is 0 Å². The summed E-state index contributed by atoms with van der Waals surface area (Å²) in [7, 11) is 0. The summed E-state index contributed by atoms with van der Waals surface area (Å²) in [5, 5.41) is 8.10. The molecule has 1 N–H and O–H groups in total. The van der Waals surface area contributed by atoms with Crippen molar-refractivity contribution in [2.24, 2.45) is 0 Å². The van der Waals surface area contributed by atoms with Crippen molar-refractivity contribution in [2.75, 3.05) is 6.61 Å². The van der Waals surface area contributed by atoms with Crippen LogP contribution in [-0.2, 0) is 0 Å². The van der Waals surface area contributed by atoms with Crippen molar-refractivity contribution >= 4 is 20.9 Å². The monoisotopic (exact) mass is 190 g/mol. The molecule has 5 heavy (non-hydrogen) atoms. The van der Waals surface area contributed by atoms with Gasteiger partial charge in [0.25, 0.3) is 0 Å². The Hall–Kier alpha value is 0.750. The quantitative estimate of drug-likeness (QED) is 0.611. The SMILES string of the molecule is C[Te]CCO. The van der Waals surface area contributed by atoms with Gasteiger partial charge in [-0.1, -0.05) is 0 Å². The van der Waals surface area contributed by atoms with Crippen LogP contribution in [0, 0.1) is 0 Å². The van der Waals surface area contributed by atoms with Crippen molar-refractivity contribution < 1.29 is 5.11 Å². The van der Waals surface area contributed by atoms with Crippen LogP contribution in [0.15, 0.2) is 0 Å². The van der Waals surface area contributed by atoms with E-state index in [4.69, 9.17) is 5.11 Å². The zero-order chi connectivity index (χ0) is 4.12. The molecule has 0 atom stereocenters. The van der Waals surface area contributed by atoms with Gasteiger partial charge in [-0.25, -0.2) is 0 Å². The molecule has 0 aliphatic rings. The minimum absolute atomic E-state index is 0.223. The first-order chi connectivity index (χ1) is 2.41. The van der Waals surface area contributed by atoms with Crippen molar-refractivity contribution in [1.82, 2.24) is 0 Å². The molecule has 0 aromatic rings. The molecule has 0 unspecified atom stereocenters. The van der Waals surface area contributed by atoms with Crippen LogP contribution in [0.25, 0.3) is 0 Å². The first-order valence-electron chi connectivity index (χ1n) is 1.51. The summed E-state index contributed by atoms with van der Waals surface area (Å²) in [6.07, 6.45) is 0. The van der Waals surface area contributed by atoms with Gasteiger partial charge in [-0.15, -0.1) is 0 Å². The van der Waals surface area contributed by atoms with Gasteiger partial charge < -0.3 is 0 Å². The summed E-state index contributed by atoms with van der Waals surface area (Å²) in [5.74, 6) is 0. The molecule has 32 valence electrons. The molecule has 0 fully saturated rings. The number of hydrogen-bond donors (Lipinski definition) is 1. The second-order valence-electron chi connectivity index (χ2n) is 0.716. The van der Waals surface area contributed by atoms with Crippen LogP contribution < -0.4 is 0 Å². The average molecular weight is 188 g/mol. The van der Waals surface area contributed by atoms with Crippen LogP contribution >= 0.6 is 0 Å². The molecule has 0 amide bonds. The van der Waals surface area contributed by atoms with Crippen LogP contribution in [0.1, 0.15) is 0 Å². The topological polar surface area (TPSA) is 20.2 Å². The molecule has 0 saturated carbocycles. The molecule has 0 heterocycles. The molecule has 0 bridgehead atoms. The molecule has 0 radical (unpaired) electrons. The molecular weight excluding hydrogens is 180 g/mol. The van der Waals surface area contributed by atoms with E-state index in [-0.39, 0.29) is 20.9 Å². The van der Waals surface area contributed by atoms with Crippen molar-refractivity contribution in [2.45, 2.75) is 9.44 Å². The van der Waals surface area contributed by atoms with E-state index in [1.807, 2.05) is 0 Å². The predicted octanol–water partition coefficient (Wildman–Crippen LogP) is 0.149. The molecule has 0 aliphatic heterocycles. The van der Waals surface area contributed by atoms with E-state index >= 15 is 0 Å². The molecular formula is C3H8OTe. The van der Waals surface area contributed by atoms with Crippen LogP contribution in [-0.4, -0.2) is 32.6 Å². The summed E-state index contributed by atoms with van der Waals surface area (Å²) >= 11 is 0.223. The van der Waals surface area contributed by atoms with Crippen molar-refractivity contribution in [3.05, 3.63) is 0 Å². The first kappa shape index (κ1) is 5.75. The van der Waals surface area contributed by atoms with Crippen LogP contribution in [0.2, 0.25) is 9.44 Å². The van der Waals surface area contributed by atoms with Gasteiger partial charge in [-0.05, 0) is 0 Å². The number of hydrogen-bond acceptors (Lipinski definition) is 1. The molecule has 0 aliphatic carbocycles. The van der Waals surface area contributed by atoms with Gasteiger partial charge in [-0.2, -0.15) is 0 Å². The zero-order valence-electron chi connectivity index (χ0n) is 3.27. The van der Waals surface area contributed by atoms with Gasteiger partial charge >= 0.3 is 42.1 Å². The fraction of sp³-hybridized carbons (Fsp3) is 1.00. The maximum atomic E-state index is 8.10. The summed E-state index contributed by atoms with van der Waals surface area (Å²) in [6.45, 7) is 0.402. The zero-order valence-corrected chi connectivity index (χ0v) is 5.60. The fourth-order valence-corrected chi connectivity index (χ4v) is 0.612. The van der Waals surface area contributed by atoms with Gasteiger partial charge in [0, 0.05) is 0 Å². The number of aliphatic hydroxyl groups excluding tert-OH is 1. The Morgan fingerprint density at radius 2 is 2.40 bits per heavy atom. The van der Waals surface area contributed by atoms with E-state index in [2.05, 4.69) is 4.97 Å². The summed E-state index contributed by atoms with van der Waals surface area (Å²) in [5.41, 5.74) is 0. The first-order valence-corrected chi connectivity index (χ1v) is 5.49. The van der Waals surface area contributed by atoms with Gasteiger partial charge in [0.1, 0.15) is 0 Å². The molecule has 0 aromatic heterocycles. The van der Waals surface area contributed by atoms with Crippen LogP contribution in [0.5, 0.6) is 0 Å². The average Bonchev–Trinajstić information content (AvgIpc) is 1.41. The van der Waals surface area contributed by atoms with E-state index in [1.54, 1.807) is 0 Å². The number of rotatable bonds is 2. The molecule has 0 aromatic carbocycles. The van der Waals surface area contributed by atoms with E-state index in [1.165, 1.54) is 0 Å². The molecule has 1 nitrogen and oxygen atoms in total. The van der Waals surface area contributed by atoms with Gasteiger partial charge in [0.2, 0.25) is 0 Å². The molecule has 0 saturated heterocycles. The predicted molar refractivity (Wildman–Crippen MR) is 23.5 cm³/mol. The Labute approximate surface area is 42.5 Å². The normalized spacial score (nSPS) is 8.40. The molecule has 0 rings (SSSR count). The van der Waals surface area contributed by atoms with Gasteiger partial charge in [-0.3, -0.25) is 0 Å². The summed E-state index contributed by atoms with van der Waals surface area (Å²) in [4.78, 5) is 2.18. The molecule has 2 heteroatoms. The number of aliphatic hydroxyl groups is 1. The minimum atomic E-state index is 0.223. The van der Waals surface area contributed by atoms with Crippen molar-refractivity contribution in [3.63, 3.8) is 0 Å².